The van der Waals surface area contributed by atoms with Crippen molar-refractivity contribution in [2.24, 2.45) is 0 Å². The van der Waals surface area contributed by atoms with Gasteiger partial charge in [0.15, 0.2) is 21.3 Å². The molecule has 30 heavy (non-hydrogen) atoms. The molecule has 2 aliphatic heterocycles. The summed E-state index contributed by atoms with van der Waals surface area (Å²) in [4.78, 5) is 14.8. The summed E-state index contributed by atoms with van der Waals surface area (Å²) in [6, 6.07) is 12.2. The second kappa shape index (κ2) is 8.55. The van der Waals surface area contributed by atoms with Gasteiger partial charge in [-0.25, -0.2) is 8.42 Å². The van der Waals surface area contributed by atoms with E-state index in [9.17, 15) is 13.2 Å². The van der Waals surface area contributed by atoms with Crippen LogP contribution in [0.4, 0.5) is 0 Å². The first-order chi connectivity index (χ1) is 14.5. The van der Waals surface area contributed by atoms with E-state index in [2.05, 4.69) is 0 Å². The number of fused-ring (bicyclic) bond motifs is 1. The molecule has 4 rings (SSSR count). The van der Waals surface area contributed by atoms with Crippen LogP contribution in [-0.2, 0) is 14.6 Å². The second-order valence-corrected chi connectivity index (χ2v) is 9.50. The van der Waals surface area contributed by atoms with Gasteiger partial charge in [-0.05, 0) is 42.7 Å². The van der Waals surface area contributed by atoms with Gasteiger partial charge in [-0.1, -0.05) is 12.1 Å². The Labute approximate surface area is 176 Å². The van der Waals surface area contributed by atoms with Gasteiger partial charge in [-0.15, -0.1) is 0 Å². The van der Waals surface area contributed by atoms with Crippen molar-refractivity contribution < 1.29 is 27.4 Å². The standard InChI is InChI=1S/C22H25NO6S/c1-27-17-6-4-16(5-7-17)19-3-2-11-23(19)22(24)10-14-30(25,26)18-8-9-20-21(15-18)29-13-12-28-20/h4-9,15,19H,2-3,10-14H2,1H3/t19-/m1/s1. The molecule has 1 saturated heterocycles. The normalized spacial score (nSPS) is 18.3. The number of methoxy groups -OCH3 is 1. The summed E-state index contributed by atoms with van der Waals surface area (Å²) >= 11 is 0. The van der Waals surface area contributed by atoms with Crippen LogP contribution >= 0.6 is 0 Å². The zero-order chi connectivity index (χ0) is 21.1. The van der Waals surface area contributed by atoms with Gasteiger partial charge in [0.05, 0.1) is 23.8 Å². The highest BCUT2D eigenvalue weighted by Gasteiger charge is 2.31. The van der Waals surface area contributed by atoms with Gasteiger partial charge in [-0.2, -0.15) is 0 Å². The number of benzene rings is 2. The molecule has 0 aromatic heterocycles. The van der Waals surface area contributed by atoms with Gasteiger partial charge in [-0.3, -0.25) is 4.79 Å². The van der Waals surface area contributed by atoms with Crippen LogP contribution in [0.15, 0.2) is 47.4 Å². The molecule has 2 aromatic carbocycles. The number of hydrogen-bond acceptors (Lipinski definition) is 6. The SMILES string of the molecule is COc1ccc([C@H]2CCCN2C(=O)CCS(=O)(=O)c2ccc3c(c2)OCCO3)cc1. The van der Waals surface area contributed by atoms with Crippen molar-refractivity contribution in [3.63, 3.8) is 0 Å². The summed E-state index contributed by atoms with van der Waals surface area (Å²) in [7, 11) is -2.00. The van der Waals surface area contributed by atoms with Crippen molar-refractivity contribution in [1.82, 2.24) is 4.90 Å². The molecule has 7 nitrogen and oxygen atoms in total. The Hall–Kier alpha value is -2.74. The minimum atomic E-state index is -3.61. The first kappa shape index (κ1) is 20.5. The van der Waals surface area contributed by atoms with Gasteiger partial charge in [0, 0.05) is 19.0 Å². The van der Waals surface area contributed by atoms with Gasteiger partial charge in [0.25, 0.3) is 0 Å². The van der Waals surface area contributed by atoms with Crippen LogP contribution in [0, 0.1) is 0 Å². The lowest BCUT2D eigenvalue weighted by atomic mass is 10.0. The smallest absolute Gasteiger partial charge is 0.224 e. The highest BCUT2D eigenvalue weighted by Crippen LogP contribution is 2.34. The van der Waals surface area contributed by atoms with Crippen molar-refractivity contribution in [2.75, 3.05) is 32.6 Å². The maximum absolute atomic E-state index is 12.9. The largest absolute Gasteiger partial charge is 0.497 e. The second-order valence-electron chi connectivity index (χ2n) is 7.39. The Balaban J connectivity index is 1.42. The highest BCUT2D eigenvalue weighted by atomic mass is 32.2. The topological polar surface area (TPSA) is 82.1 Å². The van der Waals surface area contributed by atoms with Gasteiger partial charge >= 0.3 is 0 Å². The number of rotatable bonds is 6. The van der Waals surface area contributed by atoms with Crippen LogP contribution in [0.2, 0.25) is 0 Å². The molecule has 1 fully saturated rings. The third-order valence-electron chi connectivity index (χ3n) is 5.53. The maximum Gasteiger partial charge on any atom is 0.224 e. The summed E-state index contributed by atoms with van der Waals surface area (Å²) in [5, 5.41) is 0. The van der Waals surface area contributed by atoms with E-state index in [1.54, 1.807) is 18.1 Å². The molecule has 160 valence electrons. The summed E-state index contributed by atoms with van der Waals surface area (Å²) < 4.78 is 41.7. The van der Waals surface area contributed by atoms with Crippen LogP contribution < -0.4 is 14.2 Å². The van der Waals surface area contributed by atoms with E-state index in [0.29, 0.717) is 31.3 Å². The molecule has 0 saturated carbocycles. The minimum Gasteiger partial charge on any atom is -0.497 e. The maximum atomic E-state index is 12.9. The van der Waals surface area contributed by atoms with Crippen LogP contribution in [-0.4, -0.2) is 51.8 Å². The quantitative estimate of drug-likeness (QED) is 0.699. The lowest BCUT2D eigenvalue weighted by molar-refractivity contribution is -0.131. The molecule has 0 N–H and O–H groups in total. The fourth-order valence-electron chi connectivity index (χ4n) is 3.94. The van der Waals surface area contributed by atoms with Crippen molar-refractivity contribution in [2.45, 2.75) is 30.2 Å². The lowest BCUT2D eigenvalue weighted by Crippen LogP contribution is -2.31. The van der Waals surface area contributed by atoms with Gasteiger partial charge < -0.3 is 19.1 Å². The highest BCUT2D eigenvalue weighted by molar-refractivity contribution is 7.91. The molecule has 0 unspecified atom stereocenters. The number of ether oxygens (including phenoxy) is 3. The van der Waals surface area contributed by atoms with E-state index in [1.165, 1.54) is 12.1 Å². The number of likely N-dealkylation sites (tertiary alicyclic amines) is 1. The first-order valence-electron chi connectivity index (χ1n) is 10.0. The van der Waals surface area contributed by atoms with Crippen LogP contribution in [0.1, 0.15) is 30.9 Å². The van der Waals surface area contributed by atoms with E-state index in [1.807, 2.05) is 24.3 Å². The van der Waals surface area contributed by atoms with Gasteiger partial charge in [0.1, 0.15) is 19.0 Å². The third-order valence-corrected chi connectivity index (χ3v) is 7.24. The summed E-state index contributed by atoms with van der Waals surface area (Å²) in [5.41, 5.74) is 1.04. The molecule has 1 atom stereocenters. The van der Waals surface area contributed by atoms with Gasteiger partial charge in [0.2, 0.25) is 5.91 Å². The van der Waals surface area contributed by atoms with E-state index in [4.69, 9.17) is 14.2 Å². The average molecular weight is 432 g/mol. The molecule has 0 aliphatic carbocycles. The number of carbonyl (C=O) groups is 1. The lowest BCUT2D eigenvalue weighted by Gasteiger charge is -2.25. The summed E-state index contributed by atoms with van der Waals surface area (Å²) in [5.74, 6) is 1.34. The summed E-state index contributed by atoms with van der Waals surface area (Å²) in [6.07, 6.45) is 1.72. The number of carbonyl (C=O) groups excluding carboxylic acids is 1. The Morgan fingerprint density at radius 3 is 2.57 bits per heavy atom. The Morgan fingerprint density at radius 2 is 1.83 bits per heavy atom. The molecule has 0 radical (unpaired) electrons. The fourth-order valence-corrected chi connectivity index (χ4v) is 5.18. The monoisotopic (exact) mass is 431 g/mol. The first-order valence-corrected chi connectivity index (χ1v) is 11.7. The van der Waals surface area contributed by atoms with E-state index >= 15 is 0 Å². The number of nitrogens with zero attached hydrogens (tertiary/aromatic N) is 1. The Kier molecular flexibility index (Phi) is 5.85. The van der Waals surface area contributed by atoms with E-state index in [-0.39, 0.29) is 29.0 Å². The predicted octanol–water partition coefficient (Wildman–Crippen LogP) is 2.99. The fraction of sp³-hybridized carbons (Fsp3) is 0.409. The van der Waals surface area contributed by atoms with Crippen LogP contribution in [0.3, 0.4) is 0 Å². The zero-order valence-electron chi connectivity index (χ0n) is 16.9. The minimum absolute atomic E-state index is 0.0274. The molecular formula is C22H25NO6S. The van der Waals surface area contributed by atoms with Crippen molar-refractivity contribution >= 4 is 15.7 Å². The number of sulfone groups is 1. The van der Waals surface area contributed by atoms with E-state index in [0.717, 1.165) is 24.2 Å². The van der Waals surface area contributed by atoms with Crippen molar-refractivity contribution in [3.8, 4) is 17.2 Å². The Bertz CT molecular complexity index is 1020. The molecule has 2 aliphatic rings. The predicted molar refractivity (Wildman–Crippen MR) is 111 cm³/mol. The van der Waals surface area contributed by atoms with Crippen LogP contribution in [0.25, 0.3) is 0 Å². The molecule has 2 aromatic rings. The van der Waals surface area contributed by atoms with E-state index < -0.39 is 9.84 Å². The third kappa shape index (κ3) is 4.23. The zero-order valence-corrected chi connectivity index (χ0v) is 17.7. The molecule has 8 heteroatoms. The average Bonchev–Trinajstić information content (AvgIpc) is 3.27. The van der Waals surface area contributed by atoms with Crippen LogP contribution in [0.5, 0.6) is 17.2 Å². The molecule has 1 amide bonds. The number of hydrogen-bond donors (Lipinski definition) is 0. The summed E-state index contributed by atoms with van der Waals surface area (Å²) in [6.45, 7) is 1.47. The molecule has 2 heterocycles. The molecule has 0 spiro atoms. The molecule has 0 bridgehead atoms. The van der Waals surface area contributed by atoms with Crippen molar-refractivity contribution in [1.29, 1.82) is 0 Å². The molecular weight excluding hydrogens is 406 g/mol. The van der Waals surface area contributed by atoms with Crippen molar-refractivity contribution in [3.05, 3.63) is 48.0 Å². The Morgan fingerprint density at radius 1 is 1.10 bits per heavy atom. The number of amides is 1.